The number of carbonyl (C=O) groups excluding carboxylic acids is 1. The third kappa shape index (κ3) is 4.21. The predicted octanol–water partition coefficient (Wildman–Crippen LogP) is 4.64. The molecule has 3 aromatic rings. The summed E-state index contributed by atoms with van der Waals surface area (Å²) in [6, 6.07) is 16.6. The molecule has 0 fully saturated rings. The fraction of sp³-hybridized carbons (Fsp3) is 0.150. The Hall–Kier alpha value is -2.77. The van der Waals surface area contributed by atoms with E-state index in [1.54, 1.807) is 31.2 Å². The van der Waals surface area contributed by atoms with E-state index in [-0.39, 0.29) is 18.0 Å². The van der Waals surface area contributed by atoms with E-state index in [0.717, 1.165) is 5.56 Å². The minimum Gasteiger partial charge on any atom is -0.462 e. The molecule has 1 heterocycles. The Labute approximate surface area is 172 Å². The molecular weight excluding hydrogens is 396 g/mol. The van der Waals surface area contributed by atoms with Gasteiger partial charge < -0.3 is 10.5 Å². The van der Waals surface area contributed by atoms with Crippen molar-refractivity contribution in [3.8, 4) is 0 Å². The minimum absolute atomic E-state index is 0.180. The standard InChI is InChI=1S/C20H19ClN4O2S/c1-3-27-20(26)16-17(22)25(24-19(16)28-2)18(13-7-5-4-6-8-13)23-15-11-9-14(21)10-12-15/h4-12H,3,22H2,1-2H3. The molecule has 0 atom stereocenters. The van der Waals surface area contributed by atoms with Gasteiger partial charge in [-0.2, -0.15) is 9.78 Å². The van der Waals surface area contributed by atoms with Gasteiger partial charge in [0.25, 0.3) is 0 Å². The van der Waals surface area contributed by atoms with Gasteiger partial charge >= 0.3 is 5.97 Å². The van der Waals surface area contributed by atoms with Crippen LogP contribution in [-0.2, 0) is 4.74 Å². The summed E-state index contributed by atoms with van der Waals surface area (Å²) in [6.07, 6.45) is 1.83. The molecule has 0 amide bonds. The molecule has 0 aliphatic carbocycles. The van der Waals surface area contributed by atoms with Gasteiger partial charge in [-0.15, -0.1) is 11.8 Å². The molecule has 0 spiro atoms. The highest BCUT2D eigenvalue weighted by Gasteiger charge is 2.25. The van der Waals surface area contributed by atoms with Crippen molar-refractivity contribution < 1.29 is 9.53 Å². The zero-order valence-electron chi connectivity index (χ0n) is 15.4. The van der Waals surface area contributed by atoms with Gasteiger partial charge in [-0.3, -0.25) is 0 Å². The number of esters is 1. The molecule has 28 heavy (non-hydrogen) atoms. The lowest BCUT2D eigenvalue weighted by Gasteiger charge is -2.09. The van der Waals surface area contributed by atoms with Crippen LogP contribution in [0.1, 0.15) is 22.8 Å². The van der Waals surface area contributed by atoms with E-state index in [1.165, 1.54) is 16.4 Å². The van der Waals surface area contributed by atoms with Gasteiger partial charge in [-0.1, -0.05) is 41.9 Å². The van der Waals surface area contributed by atoms with Crippen molar-refractivity contribution in [2.75, 3.05) is 18.6 Å². The van der Waals surface area contributed by atoms with Crippen LogP contribution in [0.4, 0.5) is 11.5 Å². The maximum atomic E-state index is 12.4. The zero-order chi connectivity index (χ0) is 20.1. The minimum atomic E-state index is -0.505. The molecule has 0 unspecified atom stereocenters. The first-order valence-corrected chi connectivity index (χ1v) is 10.1. The summed E-state index contributed by atoms with van der Waals surface area (Å²) in [5.41, 5.74) is 8.04. The largest absolute Gasteiger partial charge is 0.462 e. The highest BCUT2D eigenvalue weighted by Crippen LogP contribution is 2.27. The highest BCUT2D eigenvalue weighted by atomic mass is 35.5. The number of hydrogen-bond acceptors (Lipinski definition) is 6. The summed E-state index contributed by atoms with van der Waals surface area (Å²) in [5.74, 6) is 0.167. The SMILES string of the molecule is CCOC(=O)c1c(SC)nn(C(=Nc2ccc(Cl)cc2)c2ccccc2)c1N. The summed E-state index contributed by atoms with van der Waals surface area (Å²) < 4.78 is 6.62. The molecule has 0 aliphatic heterocycles. The summed E-state index contributed by atoms with van der Waals surface area (Å²) >= 11 is 7.29. The van der Waals surface area contributed by atoms with Gasteiger partial charge in [0, 0.05) is 10.6 Å². The fourth-order valence-electron chi connectivity index (χ4n) is 2.57. The topological polar surface area (TPSA) is 82.5 Å². The van der Waals surface area contributed by atoms with Crippen molar-refractivity contribution in [3.05, 3.63) is 70.7 Å². The van der Waals surface area contributed by atoms with Gasteiger partial charge in [0.1, 0.15) is 16.4 Å². The first-order chi connectivity index (χ1) is 13.5. The van der Waals surface area contributed by atoms with Crippen molar-refractivity contribution in [1.29, 1.82) is 0 Å². The number of nitrogens with two attached hydrogens (primary N) is 1. The molecule has 2 N–H and O–H groups in total. The molecule has 3 rings (SSSR count). The van der Waals surface area contributed by atoms with Crippen molar-refractivity contribution >= 4 is 46.7 Å². The molecule has 144 valence electrons. The van der Waals surface area contributed by atoms with Crippen LogP contribution >= 0.6 is 23.4 Å². The average molecular weight is 415 g/mol. The Morgan fingerprint density at radius 1 is 1.21 bits per heavy atom. The third-order valence-electron chi connectivity index (χ3n) is 3.86. The first kappa shape index (κ1) is 20.0. The maximum Gasteiger partial charge on any atom is 0.344 e. The van der Waals surface area contributed by atoms with Crippen LogP contribution in [-0.4, -0.2) is 34.4 Å². The van der Waals surface area contributed by atoms with Crippen molar-refractivity contribution in [1.82, 2.24) is 9.78 Å². The Morgan fingerprint density at radius 3 is 2.50 bits per heavy atom. The number of nitrogens with zero attached hydrogens (tertiary/aromatic N) is 3. The number of anilines is 1. The number of halogens is 1. The van der Waals surface area contributed by atoms with E-state index >= 15 is 0 Å². The predicted molar refractivity (Wildman–Crippen MR) is 114 cm³/mol. The van der Waals surface area contributed by atoms with Gasteiger partial charge in [0.05, 0.1) is 12.3 Å². The van der Waals surface area contributed by atoms with Crippen LogP contribution < -0.4 is 5.73 Å². The Balaban J connectivity index is 2.19. The summed E-state index contributed by atoms with van der Waals surface area (Å²) in [4.78, 5) is 17.1. The monoisotopic (exact) mass is 414 g/mol. The molecule has 0 bridgehead atoms. The van der Waals surface area contributed by atoms with Gasteiger partial charge in [0.15, 0.2) is 5.84 Å². The Bertz CT molecular complexity index is 1000. The first-order valence-electron chi connectivity index (χ1n) is 8.54. The lowest BCUT2D eigenvalue weighted by atomic mass is 10.2. The normalized spacial score (nSPS) is 11.5. The Morgan fingerprint density at radius 2 is 1.89 bits per heavy atom. The number of aliphatic imine (C=N–C) groups is 1. The number of carbonyl (C=O) groups is 1. The third-order valence-corrected chi connectivity index (χ3v) is 4.78. The van der Waals surface area contributed by atoms with Crippen LogP contribution in [0.3, 0.4) is 0 Å². The molecule has 0 radical (unpaired) electrons. The van der Waals surface area contributed by atoms with Gasteiger partial charge in [-0.25, -0.2) is 9.79 Å². The fourth-order valence-corrected chi connectivity index (χ4v) is 3.25. The van der Waals surface area contributed by atoms with Crippen LogP contribution in [0.2, 0.25) is 5.02 Å². The number of hydrogen-bond donors (Lipinski definition) is 1. The van der Waals surface area contributed by atoms with Crippen LogP contribution in [0.5, 0.6) is 0 Å². The van der Waals surface area contributed by atoms with Crippen molar-refractivity contribution in [2.24, 2.45) is 4.99 Å². The van der Waals surface area contributed by atoms with Gasteiger partial charge in [0.2, 0.25) is 0 Å². The van der Waals surface area contributed by atoms with Crippen LogP contribution in [0, 0.1) is 0 Å². The van der Waals surface area contributed by atoms with Crippen LogP contribution in [0.15, 0.2) is 64.6 Å². The lowest BCUT2D eigenvalue weighted by molar-refractivity contribution is 0.0523. The van der Waals surface area contributed by atoms with E-state index in [2.05, 4.69) is 5.10 Å². The molecule has 0 saturated carbocycles. The second-order valence-electron chi connectivity index (χ2n) is 5.68. The van der Waals surface area contributed by atoms with E-state index in [9.17, 15) is 4.79 Å². The van der Waals surface area contributed by atoms with Crippen molar-refractivity contribution in [3.63, 3.8) is 0 Å². The average Bonchev–Trinajstić information content (AvgIpc) is 3.04. The number of rotatable bonds is 5. The quantitative estimate of drug-likeness (QED) is 0.284. The number of benzene rings is 2. The van der Waals surface area contributed by atoms with Crippen molar-refractivity contribution in [2.45, 2.75) is 11.9 Å². The summed E-state index contributed by atoms with van der Waals surface area (Å²) in [7, 11) is 0. The molecule has 2 aromatic carbocycles. The number of thioether (sulfide) groups is 1. The molecule has 0 saturated heterocycles. The Kier molecular flexibility index (Phi) is 6.38. The molecule has 8 heteroatoms. The van der Waals surface area contributed by atoms with E-state index in [0.29, 0.717) is 21.6 Å². The molecule has 0 aliphatic rings. The summed E-state index contributed by atoms with van der Waals surface area (Å²) in [5, 5.41) is 5.62. The second-order valence-corrected chi connectivity index (χ2v) is 6.91. The van der Waals surface area contributed by atoms with Crippen LogP contribution in [0.25, 0.3) is 0 Å². The number of aromatic nitrogens is 2. The lowest BCUT2D eigenvalue weighted by Crippen LogP contribution is -2.18. The number of nitrogen functional groups attached to an aromatic ring is 1. The number of ether oxygens (including phenoxy) is 1. The molecule has 1 aromatic heterocycles. The maximum absolute atomic E-state index is 12.4. The highest BCUT2D eigenvalue weighted by molar-refractivity contribution is 7.98. The zero-order valence-corrected chi connectivity index (χ0v) is 17.0. The smallest absolute Gasteiger partial charge is 0.344 e. The van der Waals surface area contributed by atoms with E-state index < -0.39 is 5.97 Å². The van der Waals surface area contributed by atoms with E-state index in [4.69, 9.17) is 27.1 Å². The molecule has 6 nitrogen and oxygen atoms in total. The summed E-state index contributed by atoms with van der Waals surface area (Å²) in [6.45, 7) is 2.00. The van der Waals surface area contributed by atoms with Gasteiger partial charge in [-0.05, 0) is 37.4 Å². The van der Waals surface area contributed by atoms with E-state index in [1.807, 2.05) is 36.6 Å². The molecular formula is C20H19ClN4O2S. The second kappa shape index (κ2) is 8.95.